The maximum absolute atomic E-state index is 12.8. The van der Waals surface area contributed by atoms with Crippen LogP contribution < -0.4 is 4.90 Å². The smallest absolute Gasteiger partial charge is 0.225 e. The van der Waals surface area contributed by atoms with Crippen LogP contribution >= 0.6 is 11.6 Å². The first-order valence-corrected chi connectivity index (χ1v) is 12.7. The molecule has 0 spiro atoms. The van der Waals surface area contributed by atoms with E-state index in [0.29, 0.717) is 5.91 Å². The Morgan fingerprint density at radius 1 is 1.00 bits per heavy atom. The molecule has 0 radical (unpaired) electrons. The Balaban J connectivity index is 1.48. The minimum absolute atomic E-state index is 0.250. The number of piperazine rings is 1. The lowest BCUT2D eigenvalue weighted by molar-refractivity contribution is -0.138. The molecule has 3 aromatic rings. The molecule has 34 heavy (non-hydrogen) atoms. The van der Waals surface area contributed by atoms with Gasteiger partial charge in [-0.3, -0.25) is 4.79 Å². The number of benzene rings is 2. The average Bonchev–Trinajstić information content (AvgIpc) is 2.84. The first-order chi connectivity index (χ1) is 16.6. The van der Waals surface area contributed by atoms with Crippen molar-refractivity contribution in [2.75, 3.05) is 31.1 Å². The Labute approximate surface area is 206 Å². The van der Waals surface area contributed by atoms with Gasteiger partial charge in [0.25, 0.3) is 0 Å². The zero-order chi connectivity index (χ0) is 23.5. The van der Waals surface area contributed by atoms with Gasteiger partial charge < -0.3 is 9.80 Å². The van der Waals surface area contributed by atoms with Gasteiger partial charge in [0.1, 0.15) is 5.82 Å². The third-order valence-electron chi connectivity index (χ3n) is 7.05. The highest BCUT2D eigenvalue weighted by Crippen LogP contribution is 2.31. The molecule has 0 N–H and O–H groups in total. The summed E-state index contributed by atoms with van der Waals surface area (Å²) in [6.45, 7) is 5.22. The number of carbonyl (C=O) groups is 1. The molecular weight excluding hydrogens is 444 g/mol. The van der Waals surface area contributed by atoms with Gasteiger partial charge in [0.05, 0.1) is 0 Å². The Hall–Kier alpha value is -2.92. The number of rotatable bonds is 6. The third kappa shape index (κ3) is 4.80. The summed E-state index contributed by atoms with van der Waals surface area (Å²) in [6, 6.07) is 18.2. The lowest BCUT2D eigenvalue weighted by Gasteiger charge is -2.39. The van der Waals surface area contributed by atoms with Gasteiger partial charge >= 0.3 is 0 Å². The van der Waals surface area contributed by atoms with E-state index in [2.05, 4.69) is 34.9 Å². The van der Waals surface area contributed by atoms with Gasteiger partial charge in [-0.2, -0.15) is 0 Å². The predicted molar refractivity (Wildman–Crippen MR) is 137 cm³/mol. The Bertz CT molecular complexity index is 1150. The molecule has 176 valence electrons. The van der Waals surface area contributed by atoms with Crippen LogP contribution in [0.15, 0.2) is 54.6 Å². The Morgan fingerprint density at radius 2 is 1.76 bits per heavy atom. The number of nitrogens with zero attached hydrogens (tertiary/aromatic N) is 4. The summed E-state index contributed by atoms with van der Waals surface area (Å²) in [5.41, 5.74) is 4.39. The minimum Gasteiger partial charge on any atom is -0.353 e. The zero-order valence-electron chi connectivity index (χ0n) is 19.7. The molecule has 2 heterocycles. The second-order valence-electron chi connectivity index (χ2n) is 9.26. The van der Waals surface area contributed by atoms with Gasteiger partial charge in [0, 0.05) is 60.4 Å². The molecular formula is C28H31ClN4O. The molecule has 5 rings (SSSR count). The number of hydrogen-bond acceptors (Lipinski definition) is 4. The highest BCUT2D eigenvalue weighted by Gasteiger charge is 2.32. The van der Waals surface area contributed by atoms with Crippen LogP contribution in [0.4, 0.5) is 5.82 Å². The van der Waals surface area contributed by atoms with Crippen molar-refractivity contribution >= 4 is 23.3 Å². The molecule has 2 aliphatic rings. The van der Waals surface area contributed by atoms with Crippen molar-refractivity contribution < 1.29 is 4.79 Å². The molecule has 1 aromatic heterocycles. The zero-order valence-corrected chi connectivity index (χ0v) is 20.5. The largest absolute Gasteiger partial charge is 0.353 e. The van der Waals surface area contributed by atoms with Crippen LogP contribution in [-0.4, -0.2) is 47.0 Å². The van der Waals surface area contributed by atoms with Crippen LogP contribution in [0, 0.1) is 5.92 Å². The molecule has 1 saturated heterocycles. The molecule has 0 unspecified atom stereocenters. The second kappa shape index (κ2) is 10.1. The summed E-state index contributed by atoms with van der Waals surface area (Å²) in [4.78, 5) is 27.3. The summed E-state index contributed by atoms with van der Waals surface area (Å²) in [6.07, 6.45) is 4.84. The van der Waals surface area contributed by atoms with Crippen LogP contribution in [-0.2, 0) is 17.6 Å². The molecule has 5 nitrogen and oxygen atoms in total. The summed E-state index contributed by atoms with van der Waals surface area (Å²) in [5.74, 6) is 2.34. The number of anilines is 1. The van der Waals surface area contributed by atoms with Crippen molar-refractivity contribution in [3.8, 4) is 11.4 Å². The van der Waals surface area contributed by atoms with E-state index in [0.717, 1.165) is 90.9 Å². The third-order valence-corrected chi connectivity index (χ3v) is 7.29. The molecule has 1 aliphatic carbocycles. The summed E-state index contributed by atoms with van der Waals surface area (Å²) in [5, 5.41) is 0.738. The summed E-state index contributed by atoms with van der Waals surface area (Å²) >= 11 is 6.29. The first kappa shape index (κ1) is 22.9. The molecule has 1 aliphatic heterocycles. The monoisotopic (exact) mass is 474 g/mol. The minimum atomic E-state index is 0.250. The van der Waals surface area contributed by atoms with Gasteiger partial charge in [-0.05, 0) is 37.0 Å². The lowest BCUT2D eigenvalue weighted by Crippen LogP contribution is -2.51. The molecule has 1 amide bonds. The molecule has 2 aromatic carbocycles. The quantitative estimate of drug-likeness (QED) is 0.480. The maximum Gasteiger partial charge on any atom is 0.225 e. The summed E-state index contributed by atoms with van der Waals surface area (Å²) in [7, 11) is 0. The fraction of sp³-hybridized carbons (Fsp3) is 0.393. The molecule has 2 fully saturated rings. The summed E-state index contributed by atoms with van der Waals surface area (Å²) < 4.78 is 0. The molecule has 0 bridgehead atoms. The first-order valence-electron chi connectivity index (χ1n) is 12.4. The number of halogens is 1. The van der Waals surface area contributed by atoms with Crippen molar-refractivity contribution in [2.45, 2.75) is 39.0 Å². The van der Waals surface area contributed by atoms with Gasteiger partial charge in [0.2, 0.25) is 5.91 Å². The van der Waals surface area contributed by atoms with Crippen molar-refractivity contribution in [1.29, 1.82) is 0 Å². The van der Waals surface area contributed by atoms with Crippen molar-refractivity contribution in [2.24, 2.45) is 5.92 Å². The van der Waals surface area contributed by atoms with Crippen molar-refractivity contribution in [3.05, 3.63) is 76.4 Å². The van der Waals surface area contributed by atoms with E-state index in [1.807, 2.05) is 36.4 Å². The number of carbonyl (C=O) groups excluding carboxylic acids is 1. The van der Waals surface area contributed by atoms with E-state index in [9.17, 15) is 4.79 Å². The molecule has 0 atom stereocenters. The number of aryl methyl sites for hydroxylation is 1. The maximum atomic E-state index is 12.8. The second-order valence-corrected chi connectivity index (χ2v) is 9.70. The molecule has 6 heteroatoms. The highest BCUT2D eigenvalue weighted by molar-refractivity contribution is 6.30. The average molecular weight is 475 g/mol. The van der Waals surface area contributed by atoms with Gasteiger partial charge in [0.15, 0.2) is 5.82 Å². The van der Waals surface area contributed by atoms with Crippen molar-refractivity contribution in [3.63, 3.8) is 0 Å². The van der Waals surface area contributed by atoms with Crippen LogP contribution in [0.3, 0.4) is 0 Å². The van der Waals surface area contributed by atoms with Crippen LogP contribution in [0.1, 0.15) is 43.0 Å². The normalized spacial score (nSPS) is 16.4. The Kier molecular flexibility index (Phi) is 6.82. The van der Waals surface area contributed by atoms with E-state index in [1.165, 1.54) is 6.42 Å². The van der Waals surface area contributed by atoms with E-state index in [4.69, 9.17) is 21.6 Å². The SMILES string of the molecule is CCc1nc(-c2ccccc2)nc(N2CCN(C(=O)C3CCC3)CC2)c1Cc1cccc(Cl)c1. The van der Waals surface area contributed by atoms with Gasteiger partial charge in [-0.1, -0.05) is 67.4 Å². The number of hydrogen-bond donors (Lipinski definition) is 0. The van der Waals surface area contributed by atoms with E-state index in [1.54, 1.807) is 0 Å². The predicted octanol–water partition coefficient (Wildman–Crippen LogP) is 5.40. The fourth-order valence-electron chi connectivity index (χ4n) is 4.87. The fourth-order valence-corrected chi connectivity index (χ4v) is 5.08. The highest BCUT2D eigenvalue weighted by atomic mass is 35.5. The molecule has 1 saturated carbocycles. The lowest BCUT2D eigenvalue weighted by atomic mass is 9.84. The van der Waals surface area contributed by atoms with E-state index < -0.39 is 0 Å². The van der Waals surface area contributed by atoms with E-state index in [-0.39, 0.29) is 5.92 Å². The van der Waals surface area contributed by atoms with Crippen LogP contribution in [0.2, 0.25) is 5.02 Å². The van der Waals surface area contributed by atoms with E-state index >= 15 is 0 Å². The van der Waals surface area contributed by atoms with Crippen LogP contribution in [0.25, 0.3) is 11.4 Å². The Morgan fingerprint density at radius 3 is 2.41 bits per heavy atom. The van der Waals surface area contributed by atoms with Crippen LogP contribution in [0.5, 0.6) is 0 Å². The number of aromatic nitrogens is 2. The van der Waals surface area contributed by atoms with Gasteiger partial charge in [-0.25, -0.2) is 9.97 Å². The van der Waals surface area contributed by atoms with Crippen molar-refractivity contribution in [1.82, 2.24) is 14.9 Å². The van der Waals surface area contributed by atoms with Gasteiger partial charge in [-0.15, -0.1) is 0 Å². The topological polar surface area (TPSA) is 49.3 Å². The number of amides is 1. The standard InChI is InChI=1S/C28H31ClN4O/c1-2-25-24(19-20-8-6-13-23(29)18-20)27(31-26(30-25)21-9-4-3-5-10-21)32-14-16-33(17-15-32)28(34)22-11-7-12-22/h3-6,8-10,13,18,22H,2,7,11-12,14-17,19H2,1H3.